The van der Waals surface area contributed by atoms with E-state index in [2.05, 4.69) is 0 Å². The van der Waals surface area contributed by atoms with E-state index < -0.39 is 10.1 Å². The molecule has 0 aliphatic carbocycles. The van der Waals surface area contributed by atoms with Crippen LogP contribution in [0, 0.1) is 0 Å². The Balaban J connectivity index is 3.33. The van der Waals surface area contributed by atoms with Crippen molar-refractivity contribution in [2.75, 3.05) is 12.8 Å². The Morgan fingerprint density at radius 3 is 2.46 bits per heavy atom. The van der Waals surface area contributed by atoms with Crippen LogP contribution in [0.25, 0.3) is 0 Å². The number of rotatable bonds is 2. The van der Waals surface area contributed by atoms with E-state index in [-0.39, 0.29) is 16.3 Å². The van der Waals surface area contributed by atoms with Crippen molar-refractivity contribution in [2.24, 2.45) is 0 Å². The van der Waals surface area contributed by atoms with Gasteiger partial charge in [0.2, 0.25) is 0 Å². The SMILES string of the molecule is COc1cc(N)cc(S(=O)(=O)O)c1. The molecular formula is C7H9NO4S. The van der Waals surface area contributed by atoms with Crippen LogP contribution in [0.2, 0.25) is 0 Å². The van der Waals surface area contributed by atoms with Crippen molar-refractivity contribution < 1.29 is 17.7 Å². The second kappa shape index (κ2) is 3.23. The highest BCUT2D eigenvalue weighted by Crippen LogP contribution is 2.21. The predicted molar refractivity (Wildman–Crippen MR) is 47.2 cm³/mol. The van der Waals surface area contributed by atoms with E-state index in [9.17, 15) is 8.42 Å². The average Bonchev–Trinajstić information content (AvgIpc) is 2.01. The van der Waals surface area contributed by atoms with Crippen LogP contribution in [0.5, 0.6) is 5.75 Å². The summed E-state index contributed by atoms with van der Waals surface area (Å²) < 4.78 is 34.9. The minimum Gasteiger partial charge on any atom is -0.497 e. The number of hydrogen-bond acceptors (Lipinski definition) is 4. The molecule has 72 valence electrons. The maximum atomic E-state index is 10.7. The number of benzene rings is 1. The fourth-order valence-corrected chi connectivity index (χ4v) is 1.41. The summed E-state index contributed by atoms with van der Waals surface area (Å²) in [6.07, 6.45) is 0. The fourth-order valence-electron chi connectivity index (χ4n) is 0.861. The smallest absolute Gasteiger partial charge is 0.294 e. The lowest BCUT2D eigenvalue weighted by atomic mass is 10.3. The van der Waals surface area contributed by atoms with Gasteiger partial charge in [-0.25, -0.2) is 0 Å². The fraction of sp³-hybridized carbons (Fsp3) is 0.143. The van der Waals surface area contributed by atoms with E-state index in [1.165, 1.54) is 19.2 Å². The molecule has 1 aromatic rings. The molecule has 0 aliphatic heterocycles. The maximum Gasteiger partial charge on any atom is 0.294 e. The topological polar surface area (TPSA) is 89.6 Å². The quantitative estimate of drug-likeness (QED) is 0.540. The van der Waals surface area contributed by atoms with Crippen LogP contribution in [-0.2, 0) is 10.1 Å². The van der Waals surface area contributed by atoms with Crippen LogP contribution in [0.15, 0.2) is 23.1 Å². The summed E-state index contributed by atoms with van der Waals surface area (Å²) in [5.41, 5.74) is 5.59. The molecule has 0 saturated carbocycles. The number of methoxy groups -OCH3 is 1. The third kappa shape index (κ3) is 2.33. The molecule has 1 aromatic carbocycles. The zero-order valence-corrected chi connectivity index (χ0v) is 7.71. The Labute approximate surface area is 75.9 Å². The average molecular weight is 203 g/mol. The van der Waals surface area contributed by atoms with Crippen LogP contribution in [0.4, 0.5) is 5.69 Å². The molecule has 0 aromatic heterocycles. The first kappa shape index (κ1) is 9.82. The lowest BCUT2D eigenvalue weighted by Crippen LogP contribution is -2.00. The first-order valence-electron chi connectivity index (χ1n) is 3.35. The van der Waals surface area contributed by atoms with Gasteiger partial charge in [0.15, 0.2) is 0 Å². The normalized spacial score (nSPS) is 11.2. The third-order valence-electron chi connectivity index (χ3n) is 1.44. The molecule has 0 saturated heterocycles. The molecule has 13 heavy (non-hydrogen) atoms. The van der Waals surface area contributed by atoms with E-state index in [0.717, 1.165) is 6.07 Å². The number of hydrogen-bond donors (Lipinski definition) is 2. The molecule has 0 spiro atoms. The van der Waals surface area contributed by atoms with Gasteiger partial charge in [0, 0.05) is 17.8 Å². The molecular weight excluding hydrogens is 194 g/mol. The van der Waals surface area contributed by atoms with Crippen molar-refractivity contribution >= 4 is 15.8 Å². The van der Waals surface area contributed by atoms with E-state index in [4.69, 9.17) is 15.0 Å². The van der Waals surface area contributed by atoms with Crippen molar-refractivity contribution in [3.63, 3.8) is 0 Å². The van der Waals surface area contributed by atoms with Gasteiger partial charge in [0.05, 0.1) is 12.0 Å². The number of ether oxygens (including phenoxy) is 1. The standard InChI is InChI=1S/C7H9NO4S/c1-12-6-2-5(8)3-7(4-6)13(9,10)11/h2-4H,8H2,1H3,(H,9,10,11). The van der Waals surface area contributed by atoms with Gasteiger partial charge >= 0.3 is 0 Å². The lowest BCUT2D eigenvalue weighted by molar-refractivity contribution is 0.413. The van der Waals surface area contributed by atoms with Crippen LogP contribution in [-0.4, -0.2) is 20.1 Å². The zero-order valence-electron chi connectivity index (χ0n) is 6.89. The van der Waals surface area contributed by atoms with E-state index >= 15 is 0 Å². The molecule has 1 rings (SSSR count). The van der Waals surface area contributed by atoms with E-state index in [1.54, 1.807) is 0 Å². The van der Waals surface area contributed by atoms with Gasteiger partial charge in [0.25, 0.3) is 10.1 Å². The second-order valence-corrected chi connectivity index (χ2v) is 3.84. The van der Waals surface area contributed by atoms with Crippen LogP contribution >= 0.6 is 0 Å². The molecule has 0 heterocycles. The highest BCUT2D eigenvalue weighted by Gasteiger charge is 2.11. The number of nitrogens with two attached hydrogens (primary N) is 1. The highest BCUT2D eigenvalue weighted by molar-refractivity contribution is 7.85. The van der Waals surface area contributed by atoms with E-state index in [0.29, 0.717) is 0 Å². The monoisotopic (exact) mass is 203 g/mol. The Hall–Kier alpha value is -1.27. The largest absolute Gasteiger partial charge is 0.497 e. The molecule has 0 fully saturated rings. The molecule has 0 radical (unpaired) electrons. The Morgan fingerprint density at radius 1 is 1.38 bits per heavy atom. The summed E-state index contributed by atoms with van der Waals surface area (Å²) in [6.45, 7) is 0. The minimum absolute atomic E-state index is 0.215. The lowest BCUT2D eigenvalue weighted by Gasteiger charge is -2.03. The van der Waals surface area contributed by atoms with Crippen LogP contribution < -0.4 is 10.5 Å². The Kier molecular flexibility index (Phi) is 2.44. The summed E-state index contributed by atoms with van der Waals surface area (Å²) in [7, 11) is -2.84. The van der Waals surface area contributed by atoms with Crippen molar-refractivity contribution in [2.45, 2.75) is 4.90 Å². The zero-order chi connectivity index (χ0) is 10.1. The summed E-state index contributed by atoms with van der Waals surface area (Å²) in [4.78, 5) is -0.274. The Morgan fingerprint density at radius 2 is 2.00 bits per heavy atom. The molecule has 0 amide bonds. The molecule has 0 atom stereocenters. The second-order valence-electron chi connectivity index (χ2n) is 2.42. The van der Waals surface area contributed by atoms with Gasteiger partial charge in [-0.3, -0.25) is 4.55 Å². The highest BCUT2D eigenvalue weighted by atomic mass is 32.2. The summed E-state index contributed by atoms with van der Waals surface area (Å²) in [6, 6.07) is 3.79. The first-order chi connectivity index (χ1) is 5.93. The van der Waals surface area contributed by atoms with Gasteiger partial charge in [-0.1, -0.05) is 0 Å². The van der Waals surface area contributed by atoms with Gasteiger partial charge < -0.3 is 10.5 Å². The van der Waals surface area contributed by atoms with Crippen LogP contribution in [0.1, 0.15) is 0 Å². The first-order valence-corrected chi connectivity index (χ1v) is 4.79. The van der Waals surface area contributed by atoms with Crippen molar-refractivity contribution in [1.29, 1.82) is 0 Å². The molecule has 0 unspecified atom stereocenters. The summed E-state index contributed by atoms with van der Waals surface area (Å²) in [5.74, 6) is 0.285. The number of anilines is 1. The molecule has 3 N–H and O–H groups in total. The van der Waals surface area contributed by atoms with Gasteiger partial charge in [-0.05, 0) is 6.07 Å². The third-order valence-corrected chi connectivity index (χ3v) is 2.27. The molecule has 5 nitrogen and oxygen atoms in total. The van der Waals surface area contributed by atoms with Crippen molar-refractivity contribution in [3.05, 3.63) is 18.2 Å². The van der Waals surface area contributed by atoms with E-state index in [1.807, 2.05) is 0 Å². The van der Waals surface area contributed by atoms with Crippen LogP contribution in [0.3, 0.4) is 0 Å². The van der Waals surface area contributed by atoms with Gasteiger partial charge in [-0.15, -0.1) is 0 Å². The van der Waals surface area contributed by atoms with Crippen molar-refractivity contribution in [3.8, 4) is 5.75 Å². The van der Waals surface area contributed by atoms with Crippen molar-refractivity contribution in [1.82, 2.24) is 0 Å². The molecule has 0 bridgehead atoms. The Bertz CT molecular complexity index is 413. The van der Waals surface area contributed by atoms with Gasteiger partial charge in [-0.2, -0.15) is 8.42 Å². The predicted octanol–water partition coefficient (Wildman–Crippen LogP) is 0.524. The molecule has 0 aliphatic rings. The maximum absolute atomic E-state index is 10.7. The van der Waals surface area contributed by atoms with Gasteiger partial charge in [0.1, 0.15) is 5.75 Å². The number of nitrogen functional groups attached to an aromatic ring is 1. The summed E-state index contributed by atoms with van der Waals surface area (Å²) in [5, 5.41) is 0. The minimum atomic E-state index is -4.22. The summed E-state index contributed by atoms with van der Waals surface area (Å²) >= 11 is 0. The molecule has 6 heteroatoms.